The number of nitrogens with zero attached hydrogens (tertiary/aromatic N) is 1. The average Bonchev–Trinajstić information content (AvgIpc) is 2.86. The van der Waals surface area contributed by atoms with Gasteiger partial charge in [0.25, 0.3) is 0 Å². The largest absolute Gasteiger partial charge is 0.393 e. The van der Waals surface area contributed by atoms with Gasteiger partial charge >= 0.3 is 6.18 Å². The number of halogens is 3. The first-order valence-corrected chi connectivity index (χ1v) is 5.43. The normalized spacial score (nSPS) is 27.0. The fraction of sp³-hybridized carbons (Fsp3) is 0.800. The van der Waals surface area contributed by atoms with E-state index in [0.29, 0.717) is 12.8 Å². The van der Waals surface area contributed by atoms with Crippen LogP contribution in [0.1, 0.15) is 19.3 Å². The number of rotatable bonds is 2. The van der Waals surface area contributed by atoms with E-state index >= 15 is 0 Å². The summed E-state index contributed by atoms with van der Waals surface area (Å²) in [5.41, 5.74) is 3.91. The first-order chi connectivity index (χ1) is 7.77. The summed E-state index contributed by atoms with van der Waals surface area (Å²) in [6, 6.07) is 0. The predicted molar refractivity (Wildman–Crippen MR) is 51.6 cm³/mol. The third-order valence-electron chi connectivity index (χ3n) is 3.57. The highest BCUT2D eigenvalue weighted by Crippen LogP contribution is 2.48. The van der Waals surface area contributed by atoms with Gasteiger partial charge in [-0.2, -0.15) is 13.2 Å². The second kappa shape index (κ2) is 3.61. The second-order valence-electron chi connectivity index (χ2n) is 4.72. The van der Waals surface area contributed by atoms with Crippen LogP contribution in [0.15, 0.2) is 0 Å². The topological polar surface area (TPSA) is 63.4 Å². The van der Waals surface area contributed by atoms with Crippen molar-refractivity contribution < 1.29 is 22.8 Å². The average molecular weight is 250 g/mol. The van der Waals surface area contributed by atoms with Crippen LogP contribution in [-0.4, -0.2) is 36.0 Å². The lowest BCUT2D eigenvalue weighted by Gasteiger charge is -2.21. The Bertz CT molecular complexity index is 363. The van der Waals surface area contributed by atoms with E-state index in [9.17, 15) is 22.8 Å². The number of likely N-dealkylation sites (tertiary alicyclic amines) is 1. The van der Waals surface area contributed by atoms with Crippen LogP contribution >= 0.6 is 0 Å². The molecule has 1 unspecified atom stereocenters. The third kappa shape index (κ3) is 1.98. The lowest BCUT2D eigenvalue weighted by atomic mass is 10.1. The molecule has 4 nitrogen and oxygen atoms in total. The Morgan fingerprint density at radius 1 is 1.29 bits per heavy atom. The molecule has 2 N–H and O–H groups in total. The van der Waals surface area contributed by atoms with Crippen LogP contribution in [0.5, 0.6) is 0 Å². The van der Waals surface area contributed by atoms with E-state index in [0.717, 1.165) is 4.90 Å². The Balaban J connectivity index is 2.02. The monoisotopic (exact) mass is 250 g/mol. The highest BCUT2D eigenvalue weighted by atomic mass is 19.4. The van der Waals surface area contributed by atoms with Gasteiger partial charge in [0.2, 0.25) is 11.8 Å². The number of amides is 2. The van der Waals surface area contributed by atoms with E-state index < -0.39 is 29.3 Å². The molecule has 0 radical (unpaired) electrons. The number of hydrogen-bond acceptors (Lipinski definition) is 2. The van der Waals surface area contributed by atoms with Gasteiger partial charge in [0.1, 0.15) is 5.41 Å². The molecule has 1 atom stereocenters. The van der Waals surface area contributed by atoms with Crippen molar-refractivity contribution in [1.29, 1.82) is 0 Å². The van der Waals surface area contributed by atoms with Crippen LogP contribution in [0.25, 0.3) is 0 Å². The summed E-state index contributed by atoms with van der Waals surface area (Å²) in [5, 5.41) is 0. The lowest BCUT2D eigenvalue weighted by molar-refractivity contribution is -0.171. The van der Waals surface area contributed by atoms with Crippen molar-refractivity contribution in [3.05, 3.63) is 0 Å². The van der Waals surface area contributed by atoms with Gasteiger partial charge < -0.3 is 10.6 Å². The first kappa shape index (κ1) is 12.2. The summed E-state index contributed by atoms with van der Waals surface area (Å²) in [7, 11) is 0. The zero-order valence-corrected chi connectivity index (χ0v) is 9.09. The Labute approximate surface area is 95.9 Å². The Kier molecular flexibility index (Phi) is 2.59. The number of alkyl halides is 3. The van der Waals surface area contributed by atoms with E-state index in [1.807, 2.05) is 0 Å². The van der Waals surface area contributed by atoms with Crippen LogP contribution in [0.4, 0.5) is 13.2 Å². The van der Waals surface area contributed by atoms with Crippen molar-refractivity contribution in [3.63, 3.8) is 0 Å². The predicted octanol–water partition coefficient (Wildman–Crippen LogP) is 0.663. The standard InChI is InChI=1S/C10H13F3N2O2/c11-10(12,13)6-1-4-15(5-6)8(17)9(2-3-9)7(14)16/h6H,1-5H2,(H2,14,16). The number of carbonyl (C=O) groups excluding carboxylic acids is 2. The zero-order chi connectivity index (χ0) is 12.8. The van der Waals surface area contributed by atoms with Crippen LogP contribution in [-0.2, 0) is 9.59 Å². The fourth-order valence-corrected chi connectivity index (χ4v) is 2.21. The minimum absolute atomic E-state index is 0.0536. The molecule has 1 saturated carbocycles. The molecule has 2 rings (SSSR count). The van der Waals surface area contributed by atoms with Crippen molar-refractivity contribution in [2.75, 3.05) is 13.1 Å². The molecule has 0 aromatic heterocycles. The molecule has 1 heterocycles. The van der Waals surface area contributed by atoms with Gasteiger partial charge in [-0.15, -0.1) is 0 Å². The molecule has 0 aromatic rings. The molecule has 7 heteroatoms. The second-order valence-corrected chi connectivity index (χ2v) is 4.72. The molecule has 1 aliphatic heterocycles. The minimum atomic E-state index is -4.28. The summed E-state index contributed by atoms with van der Waals surface area (Å²) in [6.45, 7) is -0.296. The van der Waals surface area contributed by atoms with Gasteiger partial charge in [0, 0.05) is 13.1 Å². The molecule has 2 aliphatic rings. The Morgan fingerprint density at radius 3 is 2.24 bits per heavy atom. The molecule has 1 aliphatic carbocycles. The van der Waals surface area contributed by atoms with Gasteiger partial charge in [0.15, 0.2) is 0 Å². The maximum Gasteiger partial charge on any atom is 0.393 e. The Morgan fingerprint density at radius 2 is 1.88 bits per heavy atom. The Hall–Kier alpha value is -1.27. The van der Waals surface area contributed by atoms with Crippen molar-refractivity contribution in [1.82, 2.24) is 4.90 Å². The summed E-state index contributed by atoms with van der Waals surface area (Å²) in [5.74, 6) is -2.73. The first-order valence-electron chi connectivity index (χ1n) is 5.43. The quantitative estimate of drug-likeness (QED) is 0.732. The van der Waals surface area contributed by atoms with Crippen LogP contribution in [0.3, 0.4) is 0 Å². The summed E-state index contributed by atoms with van der Waals surface area (Å²) >= 11 is 0. The van der Waals surface area contributed by atoms with E-state index in [1.165, 1.54) is 0 Å². The molecule has 1 saturated heterocycles. The maximum absolute atomic E-state index is 12.4. The van der Waals surface area contributed by atoms with E-state index in [4.69, 9.17) is 5.73 Å². The van der Waals surface area contributed by atoms with Crippen molar-refractivity contribution >= 4 is 11.8 Å². The summed E-state index contributed by atoms with van der Waals surface area (Å²) in [4.78, 5) is 24.1. The molecular formula is C10H13F3N2O2. The van der Waals surface area contributed by atoms with Gasteiger partial charge in [-0.05, 0) is 19.3 Å². The highest BCUT2D eigenvalue weighted by molar-refractivity contribution is 6.07. The van der Waals surface area contributed by atoms with Gasteiger partial charge in [-0.3, -0.25) is 9.59 Å². The molecule has 17 heavy (non-hydrogen) atoms. The lowest BCUT2D eigenvalue weighted by Crippen LogP contribution is -2.43. The molecule has 2 amide bonds. The molecule has 0 bridgehead atoms. The van der Waals surface area contributed by atoms with Crippen LogP contribution < -0.4 is 5.73 Å². The van der Waals surface area contributed by atoms with Gasteiger partial charge in [-0.1, -0.05) is 0 Å². The van der Waals surface area contributed by atoms with Crippen LogP contribution in [0, 0.1) is 11.3 Å². The smallest absolute Gasteiger partial charge is 0.369 e. The number of carbonyl (C=O) groups is 2. The molecule has 0 aromatic carbocycles. The molecule has 96 valence electrons. The van der Waals surface area contributed by atoms with Crippen molar-refractivity contribution in [2.45, 2.75) is 25.4 Å². The van der Waals surface area contributed by atoms with E-state index in [1.54, 1.807) is 0 Å². The summed E-state index contributed by atoms with van der Waals surface area (Å²) in [6.07, 6.45) is -3.66. The fourth-order valence-electron chi connectivity index (χ4n) is 2.21. The van der Waals surface area contributed by atoms with Crippen molar-refractivity contribution in [3.8, 4) is 0 Å². The molecule has 2 fully saturated rings. The number of primary amides is 1. The number of nitrogens with two attached hydrogens (primary N) is 1. The zero-order valence-electron chi connectivity index (χ0n) is 9.09. The van der Waals surface area contributed by atoms with E-state index in [-0.39, 0.29) is 19.5 Å². The minimum Gasteiger partial charge on any atom is -0.369 e. The van der Waals surface area contributed by atoms with Gasteiger partial charge in [0.05, 0.1) is 5.92 Å². The van der Waals surface area contributed by atoms with E-state index in [2.05, 4.69) is 0 Å². The maximum atomic E-state index is 12.4. The van der Waals surface area contributed by atoms with Gasteiger partial charge in [-0.25, -0.2) is 0 Å². The molecule has 0 spiro atoms. The van der Waals surface area contributed by atoms with Crippen LogP contribution in [0.2, 0.25) is 0 Å². The summed E-state index contributed by atoms with van der Waals surface area (Å²) < 4.78 is 37.3. The molecular weight excluding hydrogens is 237 g/mol. The number of hydrogen-bond donors (Lipinski definition) is 1. The van der Waals surface area contributed by atoms with Crippen molar-refractivity contribution in [2.24, 2.45) is 17.1 Å². The third-order valence-corrected chi connectivity index (χ3v) is 3.57. The SMILES string of the molecule is NC(=O)C1(C(=O)N2CCC(C(F)(F)F)C2)CC1. The highest BCUT2D eigenvalue weighted by Gasteiger charge is 2.58.